The minimum atomic E-state index is -3.41. The van der Waals surface area contributed by atoms with Crippen LogP contribution in [0.3, 0.4) is 0 Å². The maximum atomic E-state index is 12.1. The third-order valence-corrected chi connectivity index (χ3v) is 5.66. The highest BCUT2D eigenvalue weighted by Crippen LogP contribution is 2.23. The van der Waals surface area contributed by atoms with Gasteiger partial charge in [-0.25, -0.2) is 8.42 Å². The molecule has 1 heterocycles. The summed E-state index contributed by atoms with van der Waals surface area (Å²) in [4.78, 5) is 1.93. The number of rotatable bonds is 6. The lowest BCUT2D eigenvalue weighted by atomic mass is 10.4. The number of aliphatic hydroxyl groups is 1. The topological polar surface area (TPSA) is 60.9 Å². The van der Waals surface area contributed by atoms with Crippen molar-refractivity contribution in [2.24, 2.45) is 0 Å². The van der Waals surface area contributed by atoms with E-state index in [0.717, 1.165) is 11.3 Å². The fourth-order valence-electron chi connectivity index (χ4n) is 1.19. The van der Waals surface area contributed by atoms with E-state index in [0.29, 0.717) is 18.7 Å². The Kier molecular flexibility index (Phi) is 5.08. The standard InChI is InChI=1S/C10H18N2O3S2/c1-11(2)4-5-12(3)17(14,15)10-6-9(7-13)8-16-10/h6,8,13H,4-5,7H2,1-3H3. The van der Waals surface area contributed by atoms with Gasteiger partial charge in [0.1, 0.15) is 4.21 Å². The molecule has 0 saturated carbocycles. The van der Waals surface area contributed by atoms with E-state index in [4.69, 9.17) is 5.11 Å². The first-order chi connectivity index (χ1) is 7.87. The number of hydrogen-bond acceptors (Lipinski definition) is 5. The molecule has 1 aromatic rings. The predicted molar refractivity (Wildman–Crippen MR) is 68.6 cm³/mol. The third kappa shape index (κ3) is 3.75. The van der Waals surface area contributed by atoms with Gasteiger partial charge in [-0.15, -0.1) is 11.3 Å². The van der Waals surface area contributed by atoms with Crippen LogP contribution in [0.15, 0.2) is 15.7 Å². The van der Waals surface area contributed by atoms with Crippen LogP contribution in [-0.2, 0) is 16.6 Å². The van der Waals surface area contributed by atoms with Crippen LogP contribution in [0.2, 0.25) is 0 Å². The normalized spacial score (nSPS) is 12.6. The van der Waals surface area contributed by atoms with Crippen LogP contribution in [0, 0.1) is 0 Å². The molecule has 98 valence electrons. The van der Waals surface area contributed by atoms with E-state index in [9.17, 15) is 8.42 Å². The maximum absolute atomic E-state index is 12.1. The first kappa shape index (κ1) is 14.6. The van der Waals surface area contributed by atoms with Crippen LogP contribution in [0.25, 0.3) is 0 Å². The molecule has 5 nitrogen and oxygen atoms in total. The Bertz CT molecular complexity index is 454. The van der Waals surface area contributed by atoms with Crippen molar-refractivity contribution in [2.75, 3.05) is 34.2 Å². The molecule has 0 saturated heterocycles. The summed E-state index contributed by atoms with van der Waals surface area (Å²) in [5, 5.41) is 10.6. The molecule has 1 aromatic heterocycles. The van der Waals surface area contributed by atoms with Crippen molar-refractivity contribution in [2.45, 2.75) is 10.8 Å². The number of aliphatic hydroxyl groups excluding tert-OH is 1. The molecule has 0 aliphatic heterocycles. The molecule has 0 atom stereocenters. The summed E-state index contributed by atoms with van der Waals surface area (Å²) >= 11 is 1.14. The van der Waals surface area contributed by atoms with Gasteiger partial charge in [-0.3, -0.25) is 0 Å². The van der Waals surface area contributed by atoms with Crippen molar-refractivity contribution in [3.05, 3.63) is 17.0 Å². The van der Waals surface area contributed by atoms with Gasteiger partial charge in [-0.2, -0.15) is 4.31 Å². The van der Waals surface area contributed by atoms with Crippen LogP contribution in [-0.4, -0.2) is 57.0 Å². The molecule has 0 aliphatic rings. The van der Waals surface area contributed by atoms with Crippen LogP contribution < -0.4 is 0 Å². The summed E-state index contributed by atoms with van der Waals surface area (Å²) in [6.45, 7) is 0.989. The molecule has 1 rings (SSSR count). The summed E-state index contributed by atoms with van der Waals surface area (Å²) in [6.07, 6.45) is 0. The number of sulfonamides is 1. The minimum absolute atomic E-state index is 0.132. The van der Waals surface area contributed by atoms with E-state index < -0.39 is 10.0 Å². The maximum Gasteiger partial charge on any atom is 0.252 e. The first-order valence-electron chi connectivity index (χ1n) is 5.17. The first-order valence-corrected chi connectivity index (χ1v) is 7.49. The Morgan fingerprint density at radius 3 is 2.41 bits per heavy atom. The second kappa shape index (κ2) is 5.92. The molecule has 0 radical (unpaired) electrons. The number of hydrogen-bond donors (Lipinski definition) is 1. The summed E-state index contributed by atoms with van der Waals surface area (Å²) in [6, 6.07) is 1.52. The van der Waals surface area contributed by atoms with Gasteiger partial charge in [-0.1, -0.05) is 0 Å². The molecule has 0 spiro atoms. The zero-order valence-corrected chi connectivity index (χ0v) is 11.9. The smallest absolute Gasteiger partial charge is 0.252 e. The average Bonchev–Trinajstić information content (AvgIpc) is 2.74. The Morgan fingerprint density at radius 2 is 1.94 bits per heavy atom. The molecule has 0 unspecified atom stereocenters. The molecule has 0 amide bonds. The van der Waals surface area contributed by atoms with E-state index in [1.54, 1.807) is 12.4 Å². The Hall–Kier alpha value is -0.470. The number of likely N-dealkylation sites (N-methyl/N-ethyl adjacent to an activating group) is 2. The summed E-state index contributed by atoms with van der Waals surface area (Å²) in [7, 11) is 1.95. The van der Waals surface area contributed by atoms with Gasteiger partial charge in [0.25, 0.3) is 10.0 Å². The zero-order chi connectivity index (χ0) is 13.1. The number of thiophene rings is 1. The lowest BCUT2D eigenvalue weighted by molar-refractivity contribution is 0.282. The van der Waals surface area contributed by atoms with Crippen LogP contribution >= 0.6 is 11.3 Å². The molecular weight excluding hydrogens is 260 g/mol. The Labute approximate surface area is 106 Å². The highest BCUT2D eigenvalue weighted by molar-refractivity contribution is 7.91. The second-order valence-corrected chi connectivity index (χ2v) is 7.24. The van der Waals surface area contributed by atoms with Gasteiger partial charge >= 0.3 is 0 Å². The summed E-state index contributed by atoms with van der Waals surface area (Å²) < 4.78 is 25.8. The fraction of sp³-hybridized carbons (Fsp3) is 0.600. The summed E-state index contributed by atoms with van der Waals surface area (Å²) in [5.74, 6) is 0. The summed E-state index contributed by atoms with van der Waals surface area (Å²) in [5.41, 5.74) is 0.634. The van der Waals surface area contributed by atoms with Crippen LogP contribution in [0.4, 0.5) is 0 Å². The molecule has 7 heteroatoms. The van der Waals surface area contributed by atoms with Crippen molar-refractivity contribution in [3.8, 4) is 0 Å². The number of nitrogens with zero attached hydrogens (tertiary/aromatic N) is 2. The average molecular weight is 278 g/mol. The van der Waals surface area contributed by atoms with Gasteiger partial charge in [0.2, 0.25) is 0 Å². The van der Waals surface area contributed by atoms with E-state index in [1.165, 1.54) is 10.4 Å². The second-order valence-electron chi connectivity index (χ2n) is 4.06. The fourth-order valence-corrected chi connectivity index (χ4v) is 3.76. The highest BCUT2D eigenvalue weighted by Gasteiger charge is 2.22. The van der Waals surface area contributed by atoms with Crippen molar-refractivity contribution in [1.82, 2.24) is 9.21 Å². The van der Waals surface area contributed by atoms with Gasteiger partial charge in [0.05, 0.1) is 6.61 Å². The van der Waals surface area contributed by atoms with E-state index in [1.807, 2.05) is 19.0 Å². The Morgan fingerprint density at radius 1 is 1.29 bits per heavy atom. The molecule has 0 aromatic carbocycles. The lowest BCUT2D eigenvalue weighted by Gasteiger charge is -2.18. The highest BCUT2D eigenvalue weighted by atomic mass is 32.2. The van der Waals surface area contributed by atoms with E-state index in [2.05, 4.69) is 0 Å². The van der Waals surface area contributed by atoms with E-state index >= 15 is 0 Å². The van der Waals surface area contributed by atoms with Crippen molar-refractivity contribution >= 4 is 21.4 Å². The molecule has 17 heavy (non-hydrogen) atoms. The minimum Gasteiger partial charge on any atom is -0.392 e. The monoisotopic (exact) mass is 278 g/mol. The quantitative estimate of drug-likeness (QED) is 0.819. The van der Waals surface area contributed by atoms with Crippen molar-refractivity contribution < 1.29 is 13.5 Å². The third-order valence-electron chi connectivity index (χ3n) is 2.34. The van der Waals surface area contributed by atoms with Gasteiger partial charge < -0.3 is 10.0 Å². The molecule has 1 N–H and O–H groups in total. The SMILES string of the molecule is CN(C)CCN(C)S(=O)(=O)c1cc(CO)cs1. The van der Waals surface area contributed by atoms with Crippen molar-refractivity contribution in [3.63, 3.8) is 0 Å². The van der Waals surface area contributed by atoms with Gasteiger partial charge in [0.15, 0.2) is 0 Å². The lowest BCUT2D eigenvalue weighted by Crippen LogP contribution is -2.33. The molecule has 0 aliphatic carbocycles. The molecule has 0 bridgehead atoms. The van der Waals surface area contributed by atoms with Crippen molar-refractivity contribution in [1.29, 1.82) is 0 Å². The van der Waals surface area contributed by atoms with Crippen LogP contribution in [0.1, 0.15) is 5.56 Å². The van der Waals surface area contributed by atoms with Crippen LogP contribution in [0.5, 0.6) is 0 Å². The van der Waals surface area contributed by atoms with Gasteiger partial charge in [0, 0.05) is 20.1 Å². The van der Waals surface area contributed by atoms with E-state index in [-0.39, 0.29) is 10.8 Å². The predicted octanol–water partition coefficient (Wildman–Crippen LogP) is 0.422. The Balaban J connectivity index is 2.79. The largest absolute Gasteiger partial charge is 0.392 e. The van der Waals surface area contributed by atoms with Gasteiger partial charge in [-0.05, 0) is 31.1 Å². The molecular formula is C10H18N2O3S2. The molecule has 0 fully saturated rings. The zero-order valence-electron chi connectivity index (χ0n) is 10.3.